The van der Waals surface area contributed by atoms with Gasteiger partial charge in [-0.3, -0.25) is 0 Å². The third-order valence-electron chi connectivity index (χ3n) is 7.10. The molecule has 0 amide bonds. The van der Waals surface area contributed by atoms with Crippen LogP contribution in [0.1, 0.15) is 12.5 Å². The van der Waals surface area contributed by atoms with E-state index in [-0.39, 0.29) is 0 Å². The maximum absolute atomic E-state index is 8.40. The first-order valence-electron chi connectivity index (χ1n) is 12.2. The number of methoxy groups -OCH3 is 2. The van der Waals surface area contributed by atoms with Crippen LogP contribution in [0, 0.1) is 0 Å². The van der Waals surface area contributed by atoms with Gasteiger partial charge in [-0.05, 0) is 0 Å². The summed E-state index contributed by atoms with van der Waals surface area (Å²) in [6, 6.07) is 37.2. The summed E-state index contributed by atoms with van der Waals surface area (Å²) in [5.74, 6) is -1.61. The Bertz CT molecular complexity index is 1310. The Balaban J connectivity index is 1.83. The molecule has 0 saturated heterocycles. The van der Waals surface area contributed by atoms with E-state index in [1.165, 1.54) is 0 Å². The van der Waals surface area contributed by atoms with E-state index in [9.17, 15) is 0 Å². The van der Waals surface area contributed by atoms with Crippen LogP contribution in [0.3, 0.4) is 0 Å². The quantitative estimate of drug-likeness (QED) is 0.282. The van der Waals surface area contributed by atoms with Crippen LogP contribution in [0.5, 0.6) is 11.5 Å². The predicted octanol–water partition coefficient (Wildman–Crippen LogP) is 6.02. The van der Waals surface area contributed by atoms with Crippen LogP contribution in [0.15, 0.2) is 121 Å². The van der Waals surface area contributed by atoms with E-state index in [1.54, 1.807) is 14.2 Å². The molecule has 0 aliphatic carbocycles. The minimum absolute atomic E-state index is 0.460. The molecule has 37 heavy (non-hydrogen) atoms. The van der Waals surface area contributed by atoms with Crippen molar-refractivity contribution in [2.24, 2.45) is 0 Å². The molecule has 0 fully saturated rings. The summed E-state index contributed by atoms with van der Waals surface area (Å²) in [7, 11) is 3.27. The van der Waals surface area contributed by atoms with Gasteiger partial charge in [-0.15, -0.1) is 0 Å². The SMILES string of the molecule is COc1ccc(C2(CP(Cl)(c3ccccc3)(c3ccccc3)c3ccccc3)NC=C(C)O2)cc1OC. The van der Waals surface area contributed by atoms with Crippen molar-refractivity contribution in [2.75, 3.05) is 20.4 Å². The Morgan fingerprint density at radius 3 is 1.62 bits per heavy atom. The van der Waals surface area contributed by atoms with E-state index in [1.807, 2.05) is 49.5 Å². The zero-order chi connectivity index (χ0) is 26.0. The van der Waals surface area contributed by atoms with E-state index < -0.39 is 11.7 Å². The second kappa shape index (κ2) is 9.78. The first kappa shape index (κ1) is 25.2. The van der Waals surface area contributed by atoms with Gasteiger partial charge in [-0.1, -0.05) is 0 Å². The van der Waals surface area contributed by atoms with Crippen LogP contribution in [-0.4, -0.2) is 20.4 Å². The average Bonchev–Trinajstić information content (AvgIpc) is 3.34. The van der Waals surface area contributed by atoms with Gasteiger partial charge in [0.25, 0.3) is 0 Å². The van der Waals surface area contributed by atoms with Crippen molar-refractivity contribution in [3.05, 3.63) is 127 Å². The normalized spacial score (nSPS) is 18.1. The molecule has 1 N–H and O–H groups in total. The zero-order valence-electron chi connectivity index (χ0n) is 21.2. The van der Waals surface area contributed by atoms with E-state index >= 15 is 0 Å². The standard InChI is InChI=1S/C31H31ClNO3P/c1-24-22-33-31(36-24,25-19-20-29(34-2)30(21-25)35-3)23-37(32,26-13-7-4-8-14-26,27-15-9-5-10-16-27)28-17-11-6-12-18-28/h4-22,33H,23H2,1-3H3. The molecule has 1 aliphatic rings. The fraction of sp³-hybridized carbons (Fsp3) is 0.161. The van der Waals surface area contributed by atoms with Crippen LogP contribution in [0.2, 0.25) is 0 Å². The van der Waals surface area contributed by atoms with Gasteiger partial charge in [0, 0.05) is 0 Å². The van der Waals surface area contributed by atoms with Gasteiger partial charge in [0.1, 0.15) is 0 Å². The van der Waals surface area contributed by atoms with Gasteiger partial charge in [0.2, 0.25) is 0 Å². The predicted molar refractivity (Wildman–Crippen MR) is 155 cm³/mol. The summed E-state index contributed by atoms with van der Waals surface area (Å²) < 4.78 is 17.9. The van der Waals surface area contributed by atoms with E-state index in [2.05, 4.69) is 78.1 Å². The Hall–Kier alpha value is -3.46. The van der Waals surface area contributed by atoms with Crippen molar-refractivity contribution < 1.29 is 14.2 Å². The minimum atomic E-state index is -3.67. The van der Waals surface area contributed by atoms with E-state index in [0.717, 1.165) is 27.2 Å². The molecule has 0 saturated carbocycles. The fourth-order valence-corrected chi connectivity index (χ4v) is 11.8. The average molecular weight is 532 g/mol. The number of benzene rings is 4. The number of nitrogens with one attached hydrogen (secondary N) is 1. The molecule has 0 spiro atoms. The number of allylic oxidation sites excluding steroid dienone is 1. The number of hydrogen-bond acceptors (Lipinski definition) is 4. The molecule has 6 heteroatoms. The third-order valence-corrected chi connectivity index (χ3v) is 14.4. The molecule has 4 aromatic rings. The zero-order valence-corrected chi connectivity index (χ0v) is 22.9. The fourth-order valence-electron chi connectivity index (χ4n) is 5.31. The number of hydrogen-bond donors (Lipinski definition) is 1. The summed E-state index contributed by atoms with van der Waals surface area (Å²) >= 11 is 8.40. The first-order valence-corrected chi connectivity index (χ1v) is 15.5. The summed E-state index contributed by atoms with van der Waals surface area (Å²) in [6.45, 7) is 1.95. The third kappa shape index (κ3) is 4.15. The second-order valence-corrected chi connectivity index (χ2v) is 15.7. The van der Waals surface area contributed by atoms with Gasteiger partial charge in [0.05, 0.1) is 0 Å². The first-order chi connectivity index (χ1) is 17.9. The van der Waals surface area contributed by atoms with Crippen LogP contribution in [0.25, 0.3) is 0 Å². The molecule has 0 radical (unpaired) electrons. The summed E-state index contributed by atoms with van der Waals surface area (Å²) in [5.41, 5.74) is -0.0548. The van der Waals surface area contributed by atoms with Gasteiger partial charge in [-0.2, -0.15) is 0 Å². The van der Waals surface area contributed by atoms with Gasteiger partial charge in [0.15, 0.2) is 0 Å². The molecule has 0 aromatic heterocycles. The van der Waals surface area contributed by atoms with E-state index in [0.29, 0.717) is 17.7 Å². The molecule has 1 unspecified atom stereocenters. The summed E-state index contributed by atoms with van der Waals surface area (Å²) in [4.78, 5) is 0. The topological polar surface area (TPSA) is 39.7 Å². The van der Waals surface area contributed by atoms with Crippen LogP contribution >= 0.6 is 17.2 Å². The Labute approximate surface area is 223 Å². The molecule has 0 bridgehead atoms. The molecule has 1 heterocycles. The second-order valence-electron chi connectivity index (χ2n) is 9.25. The summed E-state index contributed by atoms with van der Waals surface area (Å²) in [6.07, 6.45) is 2.37. The van der Waals surface area contributed by atoms with Crippen molar-refractivity contribution in [1.29, 1.82) is 0 Å². The van der Waals surface area contributed by atoms with Crippen LogP contribution in [0.4, 0.5) is 0 Å². The maximum atomic E-state index is 8.40. The van der Waals surface area contributed by atoms with Crippen LogP contribution in [-0.2, 0) is 10.5 Å². The van der Waals surface area contributed by atoms with Crippen molar-refractivity contribution in [3.8, 4) is 11.5 Å². The monoisotopic (exact) mass is 531 g/mol. The number of halogens is 1. The van der Waals surface area contributed by atoms with Gasteiger partial charge < -0.3 is 0 Å². The molecule has 4 aromatic carbocycles. The van der Waals surface area contributed by atoms with Gasteiger partial charge >= 0.3 is 224 Å². The van der Waals surface area contributed by atoms with Crippen molar-refractivity contribution in [3.63, 3.8) is 0 Å². The molecule has 4 nitrogen and oxygen atoms in total. The van der Waals surface area contributed by atoms with Crippen molar-refractivity contribution in [2.45, 2.75) is 12.6 Å². The summed E-state index contributed by atoms with van der Waals surface area (Å²) in [5, 5.41) is 6.80. The molecule has 1 aliphatic heterocycles. The van der Waals surface area contributed by atoms with Crippen molar-refractivity contribution in [1.82, 2.24) is 5.32 Å². The molecular formula is C31H31ClNO3P. The molecular weight excluding hydrogens is 501 g/mol. The van der Waals surface area contributed by atoms with E-state index in [4.69, 9.17) is 25.5 Å². The Morgan fingerprint density at radius 2 is 1.22 bits per heavy atom. The number of ether oxygens (including phenoxy) is 3. The van der Waals surface area contributed by atoms with Gasteiger partial charge in [-0.25, -0.2) is 0 Å². The molecule has 5 rings (SSSR count). The van der Waals surface area contributed by atoms with Crippen molar-refractivity contribution >= 4 is 33.1 Å². The molecule has 1 atom stereocenters. The molecule has 190 valence electrons. The number of rotatable bonds is 8. The van der Waals surface area contributed by atoms with Crippen LogP contribution < -0.4 is 30.7 Å². The Morgan fingerprint density at radius 1 is 0.730 bits per heavy atom. The Kier molecular flexibility index (Phi) is 6.66.